The molecule has 0 atom stereocenters. The van der Waals surface area contributed by atoms with Crippen LogP contribution in [0.4, 0.5) is 0 Å². The molecule has 22 heavy (non-hydrogen) atoms. The lowest BCUT2D eigenvalue weighted by molar-refractivity contribution is -0.125. The standard InChI is InChI=1S/C17H22N2O3/c1-5-19(11-10-18)17(20)9-7-14-6-8-15(22-13(2)3)16(12-14)21-4/h6-9,12-13H,5,11H2,1-4H3/b9-7+. The van der Waals surface area contributed by atoms with E-state index in [9.17, 15) is 4.79 Å². The molecule has 0 N–H and O–H groups in total. The summed E-state index contributed by atoms with van der Waals surface area (Å²) in [5.74, 6) is 1.10. The van der Waals surface area contributed by atoms with Gasteiger partial charge in [0.1, 0.15) is 6.54 Å². The van der Waals surface area contributed by atoms with Gasteiger partial charge in [0, 0.05) is 12.6 Å². The van der Waals surface area contributed by atoms with Crippen molar-refractivity contribution in [3.05, 3.63) is 29.8 Å². The van der Waals surface area contributed by atoms with Gasteiger partial charge in [-0.3, -0.25) is 4.79 Å². The maximum Gasteiger partial charge on any atom is 0.247 e. The molecule has 0 aliphatic rings. The number of nitriles is 1. The predicted molar refractivity (Wildman–Crippen MR) is 85.7 cm³/mol. The van der Waals surface area contributed by atoms with Crippen molar-refractivity contribution in [1.29, 1.82) is 5.26 Å². The van der Waals surface area contributed by atoms with Crippen LogP contribution in [0.3, 0.4) is 0 Å². The molecular weight excluding hydrogens is 280 g/mol. The van der Waals surface area contributed by atoms with Crippen molar-refractivity contribution in [2.45, 2.75) is 26.9 Å². The summed E-state index contributed by atoms with van der Waals surface area (Å²) in [5.41, 5.74) is 0.828. The zero-order valence-electron chi connectivity index (χ0n) is 13.5. The second-order valence-electron chi connectivity index (χ2n) is 4.92. The normalized spacial score (nSPS) is 10.5. The Kier molecular flexibility index (Phi) is 6.97. The number of amides is 1. The Bertz CT molecular complexity index is 574. The van der Waals surface area contributed by atoms with Crippen molar-refractivity contribution in [1.82, 2.24) is 4.90 Å². The van der Waals surface area contributed by atoms with Gasteiger partial charge in [-0.1, -0.05) is 6.07 Å². The fourth-order valence-electron chi connectivity index (χ4n) is 1.84. The third kappa shape index (κ3) is 5.13. The molecule has 0 fully saturated rings. The predicted octanol–water partition coefficient (Wildman–Crippen LogP) is 2.87. The summed E-state index contributed by atoms with van der Waals surface area (Å²) in [7, 11) is 1.58. The fraction of sp³-hybridized carbons (Fsp3) is 0.412. The lowest BCUT2D eigenvalue weighted by atomic mass is 10.2. The highest BCUT2D eigenvalue weighted by Gasteiger charge is 2.09. The molecule has 0 radical (unpaired) electrons. The molecule has 1 rings (SSSR count). The van der Waals surface area contributed by atoms with Gasteiger partial charge in [-0.15, -0.1) is 0 Å². The number of hydrogen-bond donors (Lipinski definition) is 0. The van der Waals surface area contributed by atoms with Gasteiger partial charge in [0.2, 0.25) is 5.91 Å². The van der Waals surface area contributed by atoms with Gasteiger partial charge in [0.15, 0.2) is 11.5 Å². The van der Waals surface area contributed by atoms with Gasteiger partial charge in [-0.2, -0.15) is 5.26 Å². The Balaban J connectivity index is 2.88. The van der Waals surface area contributed by atoms with Crippen LogP contribution in [0.25, 0.3) is 6.08 Å². The Morgan fingerprint density at radius 3 is 2.68 bits per heavy atom. The molecule has 0 aliphatic carbocycles. The highest BCUT2D eigenvalue weighted by atomic mass is 16.5. The second-order valence-corrected chi connectivity index (χ2v) is 4.92. The number of benzene rings is 1. The number of likely N-dealkylation sites (N-methyl/N-ethyl adjacent to an activating group) is 1. The van der Waals surface area contributed by atoms with E-state index in [1.807, 2.05) is 45.0 Å². The van der Waals surface area contributed by atoms with Gasteiger partial charge < -0.3 is 14.4 Å². The van der Waals surface area contributed by atoms with Crippen LogP contribution >= 0.6 is 0 Å². The minimum absolute atomic E-state index is 0.0564. The van der Waals surface area contributed by atoms with E-state index >= 15 is 0 Å². The van der Waals surface area contributed by atoms with Gasteiger partial charge in [-0.05, 0) is 44.5 Å². The first kappa shape index (κ1) is 17.6. The molecule has 0 heterocycles. The van der Waals surface area contributed by atoms with E-state index < -0.39 is 0 Å². The molecule has 0 saturated heterocycles. The molecule has 5 nitrogen and oxygen atoms in total. The van der Waals surface area contributed by atoms with Crippen molar-refractivity contribution in [2.24, 2.45) is 0 Å². The molecule has 1 aromatic rings. The Labute approximate surface area is 131 Å². The third-order valence-electron chi connectivity index (χ3n) is 2.92. The van der Waals surface area contributed by atoms with E-state index in [0.29, 0.717) is 18.0 Å². The highest BCUT2D eigenvalue weighted by molar-refractivity contribution is 5.92. The maximum atomic E-state index is 11.9. The number of methoxy groups -OCH3 is 1. The molecule has 0 bridgehead atoms. The number of carbonyl (C=O) groups excluding carboxylic acids is 1. The highest BCUT2D eigenvalue weighted by Crippen LogP contribution is 2.29. The lowest BCUT2D eigenvalue weighted by Gasteiger charge is -2.15. The van der Waals surface area contributed by atoms with E-state index in [0.717, 1.165) is 5.56 Å². The summed E-state index contributed by atoms with van der Waals surface area (Å²) < 4.78 is 10.9. The Morgan fingerprint density at radius 1 is 1.41 bits per heavy atom. The number of hydrogen-bond acceptors (Lipinski definition) is 4. The quantitative estimate of drug-likeness (QED) is 0.574. The molecular formula is C17H22N2O3. The van der Waals surface area contributed by atoms with Crippen molar-refractivity contribution in [3.63, 3.8) is 0 Å². The average Bonchev–Trinajstić information content (AvgIpc) is 2.50. The Hall–Kier alpha value is -2.48. The summed E-state index contributed by atoms with van der Waals surface area (Å²) in [4.78, 5) is 13.4. The molecule has 0 saturated carbocycles. The van der Waals surface area contributed by atoms with Crippen LogP contribution in [-0.2, 0) is 4.79 Å². The summed E-state index contributed by atoms with van der Waals surface area (Å²) >= 11 is 0. The number of carbonyl (C=O) groups is 1. The summed E-state index contributed by atoms with van der Waals surface area (Å²) in [6.45, 7) is 6.32. The lowest BCUT2D eigenvalue weighted by Crippen LogP contribution is -2.29. The van der Waals surface area contributed by atoms with Crippen LogP contribution in [0.2, 0.25) is 0 Å². The smallest absolute Gasteiger partial charge is 0.247 e. The molecule has 118 valence electrons. The van der Waals surface area contributed by atoms with Crippen molar-refractivity contribution in [3.8, 4) is 17.6 Å². The number of nitrogens with zero attached hydrogens (tertiary/aromatic N) is 2. The minimum Gasteiger partial charge on any atom is -0.493 e. The van der Waals surface area contributed by atoms with Gasteiger partial charge in [-0.25, -0.2) is 0 Å². The third-order valence-corrected chi connectivity index (χ3v) is 2.92. The van der Waals surface area contributed by atoms with E-state index in [-0.39, 0.29) is 18.6 Å². The van der Waals surface area contributed by atoms with Crippen LogP contribution in [0.5, 0.6) is 11.5 Å². The van der Waals surface area contributed by atoms with Crippen molar-refractivity contribution < 1.29 is 14.3 Å². The summed E-state index contributed by atoms with van der Waals surface area (Å²) in [6.07, 6.45) is 3.21. The summed E-state index contributed by atoms with van der Waals surface area (Å²) in [5, 5.41) is 8.67. The zero-order valence-corrected chi connectivity index (χ0v) is 13.5. The first-order valence-electron chi connectivity index (χ1n) is 7.20. The van der Waals surface area contributed by atoms with Gasteiger partial charge in [0.25, 0.3) is 0 Å². The number of ether oxygens (including phenoxy) is 2. The number of rotatable bonds is 7. The van der Waals surface area contributed by atoms with Crippen LogP contribution < -0.4 is 9.47 Å². The minimum atomic E-state index is -0.189. The van der Waals surface area contributed by atoms with E-state index in [1.54, 1.807) is 13.2 Å². The second kappa shape index (κ2) is 8.73. The topological polar surface area (TPSA) is 62.6 Å². The van der Waals surface area contributed by atoms with Crippen molar-refractivity contribution >= 4 is 12.0 Å². The molecule has 1 aromatic carbocycles. The fourth-order valence-corrected chi connectivity index (χ4v) is 1.84. The molecule has 1 amide bonds. The molecule has 0 spiro atoms. The van der Waals surface area contributed by atoms with Crippen LogP contribution in [0.1, 0.15) is 26.3 Å². The van der Waals surface area contributed by atoms with Crippen LogP contribution in [0, 0.1) is 11.3 Å². The molecule has 5 heteroatoms. The largest absolute Gasteiger partial charge is 0.493 e. The SMILES string of the molecule is CCN(CC#N)C(=O)/C=C/c1ccc(OC(C)C)c(OC)c1. The Morgan fingerprint density at radius 2 is 2.14 bits per heavy atom. The first-order valence-corrected chi connectivity index (χ1v) is 7.20. The van der Waals surface area contributed by atoms with Gasteiger partial charge in [0.05, 0.1) is 19.3 Å². The maximum absolute atomic E-state index is 11.9. The monoisotopic (exact) mass is 302 g/mol. The van der Waals surface area contributed by atoms with Crippen molar-refractivity contribution in [2.75, 3.05) is 20.2 Å². The first-order chi connectivity index (χ1) is 10.5. The van der Waals surface area contributed by atoms with E-state index in [4.69, 9.17) is 14.7 Å². The van der Waals surface area contributed by atoms with Gasteiger partial charge >= 0.3 is 0 Å². The summed E-state index contributed by atoms with van der Waals surface area (Å²) in [6, 6.07) is 7.45. The molecule has 0 unspecified atom stereocenters. The molecule has 0 aromatic heterocycles. The zero-order chi connectivity index (χ0) is 16.5. The average molecular weight is 302 g/mol. The van der Waals surface area contributed by atoms with E-state index in [2.05, 4.69) is 0 Å². The van der Waals surface area contributed by atoms with Crippen LogP contribution in [0.15, 0.2) is 24.3 Å². The van der Waals surface area contributed by atoms with Crippen LogP contribution in [-0.4, -0.2) is 37.1 Å². The molecule has 0 aliphatic heterocycles. The van der Waals surface area contributed by atoms with E-state index in [1.165, 1.54) is 11.0 Å².